The Hall–Kier alpha value is -3.74. The number of aliphatic hydroxyl groups is 1. The van der Waals surface area contributed by atoms with Gasteiger partial charge in [-0.15, -0.1) is 0 Å². The number of benzene rings is 1. The van der Waals surface area contributed by atoms with Crippen LogP contribution in [0.5, 0.6) is 0 Å². The van der Waals surface area contributed by atoms with Gasteiger partial charge < -0.3 is 14.4 Å². The van der Waals surface area contributed by atoms with Crippen molar-refractivity contribution in [1.29, 1.82) is 0 Å². The molecular formula is C23H19FN2O4. The van der Waals surface area contributed by atoms with E-state index in [2.05, 4.69) is 4.98 Å². The number of halogens is 1. The van der Waals surface area contributed by atoms with Gasteiger partial charge in [0.05, 0.1) is 5.57 Å². The lowest BCUT2D eigenvalue weighted by atomic mass is 9.98. The number of hydrogen-bond acceptors (Lipinski definition) is 5. The number of nitrogens with zero attached hydrogens (tertiary/aromatic N) is 2. The van der Waals surface area contributed by atoms with Gasteiger partial charge in [0.15, 0.2) is 0 Å². The van der Waals surface area contributed by atoms with Gasteiger partial charge in [0.1, 0.15) is 29.1 Å². The van der Waals surface area contributed by atoms with Gasteiger partial charge in [-0.05, 0) is 67.4 Å². The minimum atomic E-state index is -0.905. The summed E-state index contributed by atoms with van der Waals surface area (Å²) in [4.78, 5) is 31.1. The zero-order valence-electron chi connectivity index (χ0n) is 16.4. The smallest absolute Gasteiger partial charge is 0.296 e. The molecule has 1 amide bonds. The maximum absolute atomic E-state index is 13.7. The summed E-state index contributed by atoms with van der Waals surface area (Å²) < 4.78 is 19.4. The highest BCUT2D eigenvalue weighted by Crippen LogP contribution is 2.40. The van der Waals surface area contributed by atoms with Gasteiger partial charge in [0.2, 0.25) is 0 Å². The highest BCUT2D eigenvalue weighted by Gasteiger charge is 2.47. The lowest BCUT2D eigenvalue weighted by molar-refractivity contribution is -0.140. The number of furan rings is 1. The molecule has 0 aliphatic carbocycles. The fourth-order valence-electron chi connectivity index (χ4n) is 3.57. The van der Waals surface area contributed by atoms with Crippen molar-refractivity contribution in [3.05, 3.63) is 94.5 Å². The molecule has 1 aliphatic rings. The predicted octanol–water partition coefficient (Wildman–Crippen LogP) is 4.05. The van der Waals surface area contributed by atoms with Crippen LogP contribution in [0, 0.1) is 19.7 Å². The second-order valence-corrected chi connectivity index (χ2v) is 7.19. The van der Waals surface area contributed by atoms with Gasteiger partial charge in [-0.3, -0.25) is 14.6 Å². The summed E-state index contributed by atoms with van der Waals surface area (Å²) in [6.45, 7) is 3.44. The number of amides is 1. The number of likely N-dealkylation sites (tertiary alicyclic amines) is 1. The van der Waals surface area contributed by atoms with Crippen LogP contribution < -0.4 is 0 Å². The van der Waals surface area contributed by atoms with E-state index in [1.165, 1.54) is 23.1 Å². The van der Waals surface area contributed by atoms with Crippen molar-refractivity contribution >= 4 is 17.4 Å². The van der Waals surface area contributed by atoms with E-state index < -0.39 is 23.5 Å². The summed E-state index contributed by atoms with van der Waals surface area (Å²) in [6, 6.07) is 10.0. The van der Waals surface area contributed by atoms with Crippen molar-refractivity contribution in [2.75, 3.05) is 0 Å². The fraction of sp³-hybridized carbons (Fsp3) is 0.174. The Balaban J connectivity index is 1.86. The molecule has 0 saturated carbocycles. The molecule has 2 aromatic heterocycles. The summed E-state index contributed by atoms with van der Waals surface area (Å²) in [5.41, 5.74) is 1.26. The quantitative estimate of drug-likeness (QED) is 0.401. The maximum atomic E-state index is 13.7. The molecule has 152 valence electrons. The van der Waals surface area contributed by atoms with Crippen LogP contribution in [0.4, 0.5) is 4.39 Å². The van der Waals surface area contributed by atoms with Crippen LogP contribution in [0.25, 0.3) is 5.76 Å². The molecule has 7 heteroatoms. The monoisotopic (exact) mass is 406 g/mol. The molecule has 1 aromatic carbocycles. The molecule has 0 bridgehead atoms. The minimum Gasteiger partial charge on any atom is -0.507 e. The number of aryl methyl sites for hydroxylation is 2. The van der Waals surface area contributed by atoms with Crippen LogP contribution in [-0.4, -0.2) is 26.7 Å². The zero-order valence-corrected chi connectivity index (χ0v) is 16.4. The number of carbonyl (C=O) groups is 2. The van der Waals surface area contributed by atoms with Crippen LogP contribution >= 0.6 is 0 Å². The average molecular weight is 406 g/mol. The second-order valence-electron chi connectivity index (χ2n) is 7.19. The zero-order chi connectivity index (χ0) is 21.4. The fourth-order valence-corrected chi connectivity index (χ4v) is 3.57. The molecule has 1 unspecified atom stereocenters. The number of carbonyl (C=O) groups excluding carboxylic acids is 2. The number of hydrogen-bond donors (Lipinski definition) is 1. The largest absolute Gasteiger partial charge is 0.507 e. The summed E-state index contributed by atoms with van der Waals surface area (Å²) in [5.74, 6) is -1.39. The molecule has 1 N–H and O–H groups in total. The molecule has 1 fully saturated rings. The standard InChI is InChI=1S/C23H19FN2O4/c1-13-11-16(4-5-17(13)24)21(27)19-20(18-6-3-14(2)30-18)26(23(29)22(19)28)12-15-7-9-25-10-8-15/h3-11,20,27H,12H2,1-2H3/b21-19-. The summed E-state index contributed by atoms with van der Waals surface area (Å²) in [6.07, 6.45) is 3.19. The van der Waals surface area contributed by atoms with Gasteiger partial charge in [0, 0.05) is 24.5 Å². The van der Waals surface area contributed by atoms with E-state index >= 15 is 0 Å². The topological polar surface area (TPSA) is 83.6 Å². The van der Waals surface area contributed by atoms with Crippen LogP contribution in [0.3, 0.4) is 0 Å². The van der Waals surface area contributed by atoms with Crippen molar-refractivity contribution in [3.8, 4) is 0 Å². The molecule has 30 heavy (non-hydrogen) atoms. The second kappa shape index (κ2) is 7.59. The highest BCUT2D eigenvalue weighted by atomic mass is 19.1. The summed E-state index contributed by atoms with van der Waals surface area (Å²) >= 11 is 0. The number of Topliss-reactive ketones (excluding diaryl/α,β-unsaturated/α-hetero) is 1. The van der Waals surface area contributed by atoms with Crippen molar-refractivity contribution in [3.63, 3.8) is 0 Å². The van der Waals surface area contributed by atoms with E-state index in [-0.39, 0.29) is 23.4 Å². The molecule has 1 atom stereocenters. The van der Waals surface area contributed by atoms with Gasteiger partial charge in [-0.1, -0.05) is 0 Å². The van der Waals surface area contributed by atoms with Crippen LogP contribution in [0.2, 0.25) is 0 Å². The minimum absolute atomic E-state index is 0.0885. The third-order valence-electron chi connectivity index (χ3n) is 5.10. The third kappa shape index (κ3) is 3.39. The Morgan fingerprint density at radius 1 is 1.13 bits per heavy atom. The Labute approximate surface area is 172 Å². The average Bonchev–Trinajstić information content (AvgIpc) is 3.26. The predicted molar refractivity (Wildman–Crippen MR) is 107 cm³/mol. The van der Waals surface area contributed by atoms with E-state index in [1.54, 1.807) is 50.5 Å². The first kappa shape index (κ1) is 19.6. The molecule has 1 saturated heterocycles. The van der Waals surface area contributed by atoms with Crippen molar-refractivity contribution < 1.29 is 23.5 Å². The van der Waals surface area contributed by atoms with E-state index in [0.717, 1.165) is 5.56 Å². The summed E-state index contributed by atoms with van der Waals surface area (Å²) in [5, 5.41) is 11.0. The van der Waals surface area contributed by atoms with Gasteiger partial charge in [-0.2, -0.15) is 0 Å². The van der Waals surface area contributed by atoms with E-state index in [9.17, 15) is 19.1 Å². The number of pyridine rings is 1. The van der Waals surface area contributed by atoms with Crippen molar-refractivity contribution in [2.24, 2.45) is 0 Å². The normalized spacial score (nSPS) is 18.2. The first-order valence-corrected chi connectivity index (χ1v) is 9.37. The van der Waals surface area contributed by atoms with Crippen LogP contribution in [-0.2, 0) is 16.1 Å². The van der Waals surface area contributed by atoms with E-state index in [0.29, 0.717) is 17.1 Å². The molecule has 0 radical (unpaired) electrons. The van der Waals surface area contributed by atoms with Crippen LogP contribution in [0.1, 0.15) is 34.3 Å². The van der Waals surface area contributed by atoms with E-state index in [4.69, 9.17) is 4.42 Å². The third-order valence-corrected chi connectivity index (χ3v) is 5.10. The number of ketones is 1. The highest BCUT2D eigenvalue weighted by molar-refractivity contribution is 6.46. The van der Waals surface area contributed by atoms with Gasteiger partial charge in [0.25, 0.3) is 11.7 Å². The lowest BCUT2D eigenvalue weighted by Gasteiger charge is -2.23. The molecule has 6 nitrogen and oxygen atoms in total. The van der Waals surface area contributed by atoms with Gasteiger partial charge >= 0.3 is 0 Å². The van der Waals surface area contributed by atoms with Crippen LogP contribution in [0.15, 0.2) is 64.8 Å². The molecular weight excluding hydrogens is 387 g/mol. The molecule has 4 rings (SSSR count). The molecule has 0 spiro atoms. The number of aromatic nitrogens is 1. The van der Waals surface area contributed by atoms with Gasteiger partial charge in [-0.25, -0.2) is 4.39 Å². The Morgan fingerprint density at radius 2 is 1.87 bits per heavy atom. The Kier molecular flexibility index (Phi) is 4.95. The number of aliphatic hydroxyl groups excluding tert-OH is 1. The Bertz CT molecular complexity index is 1170. The molecule has 3 aromatic rings. The summed E-state index contributed by atoms with van der Waals surface area (Å²) in [7, 11) is 0. The van der Waals surface area contributed by atoms with Crippen molar-refractivity contribution in [2.45, 2.75) is 26.4 Å². The number of rotatable bonds is 4. The van der Waals surface area contributed by atoms with Crippen molar-refractivity contribution in [1.82, 2.24) is 9.88 Å². The lowest BCUT2D eigenvalue weighted by Crippen LogP contribution is -2.29. The SMILES string of the molecule is Cc1ccc(C2/C(=C(/O)c3ccc(F)c(C)c3)C(=O)C(=O)N2Cc2ccncc2)o1. The Morgan fingerprint density at radius 3 is 2.50 bits per heavy atom. The molecule has 1 aliphatic heterocycles. The molecule has 3 heterocycles. The first-order valence-electron chi connectivity index (χ1n) is 9.37. The first-order chi connectivity index (χ1) is 14.4. The van der Waals surface area contributed by atoms with E-state index in [1.807, 2.05) is 0 Å². The maximum Gasteiger partial charge on any atom is 0.296 e.